The zero-order chi connectivity index (χ0) is 28.2. The van der Waals surface area contributed by atoms with Crippen molar-refractivity contribution in [2.75, 3.05) is 36.8 Å². The van der Waals surface area contributed by atoms with Crippen LogP contribution in [0.4, 0.5) is 37.8 Å². The number of pyridine rings is 1. The minimum absolute atomic E-state index is 0.0694. The Morgan fingerprint density at radius 2 is 1.43 bits per heavy atom. The van der Waals surface area contributed by atoms with Gasteiger partial charge in [-0.05, 0) is 45.0 Å². The number of rotatable bonds is 4. The van der Waals surface area contributed by atoms with Crippen LogP contribution < -0.4 is 10.6 Å². The average Bonchev–Trinajstić information content (AvgIpc) is 2.82. The smallest absolute Gasteiger partial charge is 0.384 e. The van der Waals surface area contributed by atoms with Gasteiger partial charge in [0.1, 0.15) is 16.8 Å². The Morgan fingerprint density at radius 1 is 0.946 bits per heavy atom. The summed E-state index contributed by atoms with van der Waals surface area (Å²) in [5.41, 5.74) is -0.314. The number of terminal acetylenes is 1. The van der Waals surface area contributed by atoms with E-state index >= 15 is 0 Å². The topological polar surface area (TPSA) is 82.7 Å². The van der Waals surface area contributed by atoms with Crippen molar-refractivity contribution in [3.8, 4) is 12.3 Å². The number of benzene rings is 1. The van der Waals surface area contributed by atoms with Crippen molar-refractivity contribution in [3.05, 3.63) is 48.2 Å². The van der Waals surface area contributed by atoms with E-state index < -0.39 is 34.5 Å². The van der Waals surface area contributed by atoms with Crippen LogP contribution in [0.2, 0.25) is 0 Å². The van der Waals surface area contributed by atoms with Crippen molar-refractivity contribution in [2.24, 2.45) is 5.41 Å². The lowest BCUT2D eigenvalue weighted by atomic mass is 9.92. The zero-order valence-electron chi connectivity index (χ0n) is 20.4. The van der Waals surface area contributed by atoms with Crippen LogP contribution in [0.25, 0.3) is 0 Å². The summed E-state index contributed by atoms with van der Waals surface area (Å²) in [4.78, 5) is 6.09. The third-order valence-corrected chi connectivity index (χ3v) is 6.82. The molecule has 2 aromatic rings. The summed E-state index contributed by atoms with van der Waals surface area (Å²) in [7, 11) is -1.48. The number of hydrogen-bond acceptors (Lipinski definition) is 5. The maximum Gasteiger partial charge on any atom is 0.430 e. The first-order valence-electron chi connectivity index (χ1n) is 11.0. The minimum atomic E-state index is -5.93. The normalized spacial score (nSPS) is 16.4. The molecule has 1 fully saturated rings. The summed E-state index contributed by atoms with van der Waals surface area (Å²) in [6.45, 7) is 7.39. The van der Waals surface area contributed by atoms with Crippen molar-refractivity contribution >= 4 is 22.5 Å². The molecule has 37 heavy (non-hydrogen) atoms. The van der Waals surface area contributed by atoms with Gasteiger partial charge in [0.05, 0.1) is 4.90 Å². The van der Waals surface area contributed by atoms with Gasteiger partial charge >= 0.3 is 12.4 Å². The first-order chi connectivity index (χ1) is 16.9. The summed E-state index contributed by atoms with van der Waals surface area (Å²) < 4.78 is 92.2. The molecule has 0 spiro atoms. The van der Waals surface area contributed by atoms with Crippen LogP contribution in [-0.4, -0.2) is 57.1 Å². The van der Waals surface area contributed by atoms with E-state index in [1.54, 1.807) is 15.3 Å². The van der Waals surface area contributed by atoms with Crippen LogP contribution in [0.5, 0.6) is 0 Å². The van der Waals surface area contributed by atoms with Crippen molar-refractivity contribution in [1.29, 1.82) is 0 Å². The molecule has 3 rings (SSSR count). The molecule has 1 aliphatic heterocycles. The first kappa shape index (κ1) is 30.4. The third-order valence-electron chi connectivity index (χ3n) is 5.34. The molecule has 0 bridgehead atoms. The molecule has 13 heteroatoms. The van der Waals surface area contributed by atoms with Crippen LogP contribution in [0.1, 0.15) is 26.3 Å². The molecular weight excluding hydrogens is 522 g/mol. The summed E-state index contributed by atoms with van der Waals surface area (Å²) in [6, 6.07) is 6.52. The molecule has 0 saturated carbocycles. The van der Waals surface area contributed by atoms with Crippen LogP contribution >= 0.6 is 0 Å². The third kappa shape index (κ3) is 7.37. The van der Waals surface area contributed by atoms with Gasteiger partial charge in [-0.2, -0.15) is 26.3 Å². The minimum Gasteiger partial charge on any atom is -0.384 e. The monoisotopic (exact) mass is 550 g/mol. The summed E-state index contributed by atoms with van der Waals surface area (Å²) in [6.07, 6.45) is -5.40. The number of halogens is 6. The lowest BCUT2D eigenvalue weighted by Crippen LogP contribution is -2.53. The molecule has 0 aliphatic carbocycles. The quantitative estimate of drug-likeness (QED) is 0.433. The number of nitrogens with zero attached hydrogens (tertiary/aromatic N) is 3. The highest BCUT2D eigenvalue weighted by molar-refractivity contribution is 7.82. The Kier molecular flexibility index (Phi) is 9.27. The van der Waals surface area contributed by atoms with Gasteiger partial charge in [0.15, 0.2) is 0 Å². The molecule has 0 amide bonds. The highest BCUT2D eigenvalue weighted by Crippen LogP contribution is 2.50. The van der Waals surface area contributed by atoms with E-state index in [1.807, 2.05) is 20.8 Å². The Bertz CT molecular complexity index is 1090. The van der Waals surface area contributed by atoms with Crippen LogP contribution in [-0.2, 0) is 16.6 Å². The van der Waals surface area contributed by atoms with E-state index in [-0.39, 0.29) is 11.2 Å². The van der Waals surface area contributed by atoms with Crippen molar-refractivity contribution < 1.29 is 35.7 Å². The number of nitrogen functional groups attached to an aromatic ring is 1. The zero-order valence-corrected chi connectivity index (χ0v) is 21.2. The molecule has 1 saturated heterocycles. The number of hydrogen-bond donors (Lipinski definition) is 2. The molecule has 1 aromatic heterocycles. The number of nitrogens with two attached hydrogens (primary N) is 1. The Morgan fingerprint density at radius 3 is 1.81 bits per heavy atom. The first-order valence-corrected chi connectivity index (χ1v) is 12.1. The van der Waals surface area contributed by atoms with E-state index in [9.17, 15) is 35.7 Å². The van der Waals surface area contributed by atoms with Crippen LogP contribution in [0.3, 0.4) is 0 Å². The van der Waals surface area contributed by atoms with E-state index in [0.29, 0.717) is 48.9 Å². The molecule has 1 aliphatic rings. The van der Waals surface area contributed by atoms with Gasteiger partial charge in [0.25, 0.3) is 5.60 Å². The Hall–Kier alpha value is -2.82. The SMILES string of the molecule is C#CC(C)(C)C.Nc1ccc(S(=O)N2CCN(c3ccc(C(O)(C(F)(F)F)C(F)(F)F)cc3)CC2)cn1. The second-order valence-electron chi connectivity index (χ2n) is 9.23. The maximum atomic E-state index is 13.0. The standard InChI is InChI=1S/C18H18F6N4O2S.C6H10/c19-17(20,21)16(29,18(22,23)24)12-1-3-13(4-2-12)27-7-9-28(10-8-27)31(30)14-5-6-15(25)26-11-14;1-5-6(2,3)4/h1-6,11,29H,7-10H2,(H2,25,26);1H,2-4H3. The predicted molar refractivity (Wildman–Crippen MR) is 130 cm³/mol. The molecule has 1 aromatic carbocycles. The molecule has 0 radical (unpaired) electrons. The van der Waals surface area contributed by atoms with Gasteiger partial charge in [0.2, 0.25) is 0 Å². The van der Waals surface area contributed by atoms with E-state index in [2.05, 4.69) is 10.9 Å². The molecule has 2 heterocycles. The number of anilines is 2. The van der Waals surface area contributed by atoms with Crippen molar-refractivity contribution in [1.82, 2.24) is 9.29 Å². The second kappa shape index (κ2) is 11.3. The fourth-order valence-corrected chi connectivity index (χ4v) is 4.28. The number of piperazine rings is 1. The Balaban J connectivity index is 0.000000717. The van der Waals surface area contributed by atoms with E-state index in [0.717, 1.165) is 12.1 Å². The van der Waals surface area contributed by atoms with Gasteiger partial charge in [-0.1, -0.05) is 12.1 Å². The molecule has 6 nitrogen and oxygen atoms in total. The number of alkyl halides is 6. The average molecular weight is 551 g/mol. The molecule has 1 unspecified atom stereocenters. The molecule has 204 valence electrons. The number of aliphatic hydroxyl groups is 1. The fraction of sp³-hybridized carbons (Fsp3) is 0.458. The van der Waals surface area contributed by atoms with Gasteiger partial charge in [-0.3, -0.25) is 0 Å². The molecular formula is C24H28F6N4O2S. The van der Waals surface area contributed by atoms with Gasteiger partial charge < -0.3 is 15.7 Å². The predicted octanol–water partition coefficient (Wildman–Crippen LogP) is 4.49. The van der Waals surface area contributed by atoms with Crippen LogP contribution in [0.15, 0.2) is 47.5 Å². The van der Waals surface area contributed by atoms with Gasteiger partial charge in [0, 0.05) is 49.0 Å². The summed E-state index contributed by atoms with van der Waals surface area (Å²) in [5, 5.41) is 9.46. The summed E-state index contributed by atoms with van der Waals surface area (Å²) >= 11 is 0. The van der Waals surface area contributed by atoms with E-state index in [1.165, 1.54) is 12.3 Å². The van der Waals surface area contributed by atoms with Crippen molar-refractivity contribution in [3.63, 3.8) is 0 Å². The summed E-state index contributed by atoms with van der Waals surface area (Å²) in [5.74, 6) is 2.89. The number of aromatic nitrogens is 1. The van der Waals surface area contributed by atoms with Gasteiger partial charge in [-0.25, -0.2) is 13.5 Å². The van der Waals surface area contributed by atoms with Crippen molar-refractivity contribution in [2.45, 2.75) is 43.6 Å². The highest BCUT2D eigenvalue weighted by atomic mass is 32.2. The maximum absolute atomic E-state index is 13.0. The highest BCUT2D eigenvalue weighted by Gasteiger charge is 2.71. The molecule has 1 atom stereocenters. The lowest BCUT2D eigenvalue weighted by Gasteiger charge is -2.36. The van der Waals surface area contributed by atoms with Crippen LogP contribution in [0, 0.1) is 17.8 Å². The lowest BCUT2D eigenvalue weighted by molar-refractivity contribution is -0.376. The van der Waals surface area contributed by atoms with Gasteiger partial charge in [-0.15, -0.1) is 12.3 Å². The Labute approximate surface area is 214 Å². The largest absolute Gasteiger partial charge is 0.430 e. The fourth-order valence-electron chi connectivity index (χ4n) is 3.16. The second-order valence-corrected chi connectivity index (χ2v) is 10.7. The van der Waals surface area contributed by atoms with E-state index in [4.69, 9.17) is 12.2 Å². The molecule has 3 N–H and O–H groups in total.